The highest BCUT2D eigenvalue weighted by atomic mass is 32.1. The van der Waals surface area contributed by atoms with Crippen molar-refractivity contribution in [1.82, 2.24) is 10.3 Å². The molecule has 7 heteroatoms. The van der Waals surface area contributed by atoms with Crippen molar-refractivity contribution in [2.75, 3.05) is 11.9 Å². The Bertz CT molecular complexity index is 958. The first-order chi connectivity index (χ1) is 13.5. The fourth-order valence-electron chi connectivity index (χ4n) is 2.65. The van der Waals surface area contributed by atoms with Crippen LogP contribution in [0.15, 0.2) is 36.4 Å². The van der Waals surface area contributed by atoms with Gasteiger partial charge in [-0.05, 0) is 67.9 Å². The van der Waals surface area contributed by atoms with Crippen LogP contribution in [0.1, 0.15) is 41.3 Å². The van der Waals surface area contributed by atoms with Gasteiger partial charge in [0.2, 0.25) is 0 Å². The lowest BCUT2D eigenvalue weighted by Gasteiger charge is -2.08. The third-order valence-corrected chi connectivity index (χ3v) is 5.58. The molecule has 3 aromatic rings. The maximum atomic E-state index is 12.4. The van der Waals surface area contributed by atoms with Crippen molar-refractivity contribution < 1.29 is 9.53 Å². The smallest absolute Gasteiger partial charge is 0.257 e. The first kappa shape index (κ1) is 20.2. The third kappa shape index (κ3) is 4.85. The van der Waals surface area contributed by atoms with Crippen LogP contribution in [0.2, 0.25) is 0 Å². The average molecular weight is 414 g/mol. The largest absolute Gasteiger partial charge is 0.494 e. The summed E-state index contributed by atoms with van der Waals surface area (Å²) in [7, 11) is 0. The Morgan fingerprint density at radius 3 is 2.54 bits per heavy atom. The van der Waals surface area contributed by atoms with Gasteiger partial charge in [-0.25, -0.2) is 4.98 Å². The number of nitrogens with zero attached hydrogens (tertiary/aromatic N) is 1. The summed E-state index contributed by atoms with van der Waals surface area (Å²) < 4.78 is 6.73. The minimum atomic E-state index is -0.272. The van der Waals surface area contributed by atoms with Gasteiger partial charge >= 0.3 is 0 Å². The quantitative estimate of drug-likeness (QED) is 0.429. The maximum Gasteiger partial charge on any atom is 0.257 e. The standard InChI is InChI=1S/C21H23N3O2S2/c1-4-5-12-26-16-10-8-15(9-11-16)19(25)23-20(27)24-21-22-17-13(2)6-7-14(3)18(17)28-21/h6-11H,4-5,12H2,1-3H3,(H2,22,23,24,25,27). The molecule has 0 fully saturated rings. The van der Waals surface area contributed by atoms with Crippen LogP contribution in [0.25, 0.3) is 10.2 Å². The highest BCUT2D eigenvalue weighted by molar-refractivity contribution is 7.80. The molecule has 0 saturated heterocycles. The van der Waals surface area contributed by atoms with E-state index in [0.29, 0.717) is 17.3 Å². The lowest BCUT2D eigenvalue weighted by molar-refractivity contribution is 0.0977. The number of hydrogen-bond acceptors (Lipinski definition) is 5. The molecule has 0 unspecified atom stereocenters. The molecule has 2 N–H and O–H groups in total. The van der Waals surface area contributed by atoms with E-state index >= 15 is 0 Å². The Hall–Kier alpha value is -2.51. The lowest BCUT2D eigenvalue weighted by Crippen LogP contribution is -2.34. The fourth-order valence-corrected chi connectivity index (χ4v) is 3.92. The van der Waals surface area contributed by atoms with Gasteiger partial charge in [0.15, 0.2) is 10.2 Å². The number of benzene rings is 2. The number of unbranched alkanes of at least 4 members (excludes halogenated alkanes) is 1. The minimum Gasteiger partial charge on any atom is -0.494 e. The number of aromatic nitrogens is 1. The van der Waals surface area contributed by atoms with Gasteiger partial charge in [0, 0.05) is 5.56 Å². The zero-order chi connectivity index (χ0) is 20.1. The number of carbonyl (C=O) groups is 1. The van der Waals surface area contributed by atoms with Crippen LogP contribution >= 0.6 is 23.6 Å². The zero-order valence-electron chi connectivity index (χ0n) is 16.2. The van der Waals surface area contributed by atoms with Crippen molar-refractivity contribution in [2.45, 2.75) is 33.6 Å². The van der Waals surface area contributed by atoms with Crippen molar-refractivity contribution in [3.8, 4) is 5.75 Å². The van der Waals surface area contributed by atoms with Gasteiger partial charge in [0.25, 0.3) is 5.91 Å². The summed E-state index contributed by atoms with van der Waals surface area (Å²) in [6, 6.07) is 11.2. The maximum absolute atomic E-state index is 12.4. The van der Waals surface area contributed by atoms with Gasteiger partial charge in [-0.1, -0.05) is 36.8 Å². The number of anilines is 1. The van der Waals surface area contributed by atoms with Crippen molar-refractivity contribution >= 4 is 49.9 Å². The second kappa shape index (κ2) is 9.12. The second-order valence-corrected chi connectivity index (χ2v) is 7.94. The molecule has 5 nitrogen and oxygen atoms in total. The van der Waals surface area contributed by atoms with Gasteiger partial charge in [-0.3, -0.25) is 10.1 Å². The van der Waals surface area contributed by atoms with E-state index in [1.807, 2.05) is 6.92 Å². The second-order valence-electron chi connectivity index (χ2n) is 6.53. The number of amides is 1. The van der Waals surface area contributed by atoms with Crippen LogP contribution in [-0.4, -0.2) is 22.6 Å². The van der Waals surface area contributed by atoms with Gasteiger partial charge < -0.3 is 10.1 Å². The van der Waals surface area contributed by atoms with E-state index in [-0.39, 0.29) is 11.0 Å². The molecule has 2 aromatic carbocycles. The summed E-state index contributed by atoms with van der Waals surface area (Å²) in [6.45, 7) is 6.88. The predicted octanol–water partition coefficient (Wildman–Crippen LogP) is 5.22. The summed E-state index contributed by atoms with van der Waals surface area (Å²) in [5.41, 5.74) is 3.76. The number of fused-ring (bicyclic) bond motifs is 1. The van der Waals surface area contributed by atoms with E-state index in [4.69, 9.17) is 17.0 Å². The summed E-state index contributed by atoms with van der Waals surface area (Å²) in [5, 5.41) is 6.60. The first-order valence-corrected chi connectivity index (χ1v) is 10.4. The Kier molecular flexibility index (Phi) is 6.59. The Labute approximate surface area is 174 Å². The van der Waals surface area contributed by atoms with E-state index in [2.05, 4.69) is 41.6 Å². The fraction of sp³-hybridized carbons (Fsp3) is 0.286. The summed E-state index contributed by atoms with van der Waals surface area (Å²) in [5.74, 6) is 0.483. The zero-order valence-corrected chi connectivity index (χ0v) is 17.8. The van der Waals surface area contributed by atoms with Gasteiger partial charge in [0.05, 0.1) is 16.8 Å². The Morgan fingerprint density at radius 2 is 1.86 bits per heavy atom. The molecule has 0 aliphatic carbocycles. The lowest BCUT2D eigenvalue weighted by atomic mass is 10.1. The SMILES string of the molecule is CCCCOc1ccc(C(=O)NC(=S)Nc2nc3c(C)ccc(C)c3s2)cc1. The van der Waals surface area contributed by atoms with E-state index in [9.17, 15) is 4.79 Å². The number of thiocarbonyl (C=S) groups is 1. The van der Waals surface area contributed by atoms with E-state index < -0.39 is 0 Å². The molecule has 0 saturated carbocycles. The molecule has 0 bridgehead atoms. The number of thiazole rings is 1. The van der Waals surface area contributed by atoms with E-state index in [0.717, 1.165) is 34.4 Å². The summed E-state index contributed by atoms with van der Waals surface area (Å²) >= 11 is 6.80. The molecule has 1 heterocycles. The molecule has 0 aliphatic rings. The predicted molar refractivity (Wildman–Crippen MR) is 120 cm³/mol. The van der Waals surface area contributed by atoms with Crippen LogP contribution < -0.4 is 15.4 Å². The van der Waals surface area contributed by atoms with Crippen molar-refractivity contribution in [2.24, 2.45) is 0 Å². The number of aryl methyl sites for hydroxylation is 2. The van der Waals surface area contributed by atoms with Crippen LogP contribution in [-0.2, 0) is 0 Å². The number of rotatable bonds is 6. The highest BCUT2D eigenvalue weighted by Gasteiger charge is 2.12. The van der Waals surface area contributed by atoms with E-state index in [1.165, 1.54) is 16.9 Å². The van der Waals surface area contributed by atoms with Crippen LogP contribution in [0.3, 0.4) is 0 Å². The van der Waals surface area contributed by atoms with Gasteiger partial charge in [-0.2, -0.15) is 0 Å². The van der Waals surface area contributed by atoms with Gasteiger partial charge in [0.1, 0.15) is 5.75 Å². The topological polar surface area (TPSA) is 63.2 Å². The average Bonchev–Trinajstić information content (AvgIpc) is 3.10. The Morgan fingerprint density at radius 1 is 1.14 bits per heavy atom. The minimum absolute atomic E-state index is 0.225. The molecule has 0 atom stereocenters. The van der Waals surface area contributed by atoms with E-state index in [1.54, 1.807) is 24.3 Å². The monoisotopic (exact) mass is 413 g/mol. The number of ether oxygens (including phenoxy) is 1. The molecule has 0 spiro atoms. The van der Waals surface area contributed by atoms with Crippen molar-refractivity contribution in [3.05, 3.63) is 53.1 Å². The number of hydrogen-bond donors (Lipinski definition) is 2. The van der Waals surface area contributed by atoms with Crippen LogP contribution in [0.4, 0.5) is 5.13 Å². The summed E-state index contributed by atoms with van der Waals surface area (Å²) in [4.78, 5) is 17.0. The van der Waals surface area contributed by atoms with Crippen LogP contribution in [0, 0.1) is 13.8 Å². The molecule has 146 valence electrons. The summed E-state index contributed by atoms with van der Waals surface area (Å²) in [6.07, 6.45) is 2.09. The molecular weight excluding hydrogens is 390 g/mol. The molecule has 0 radical (unpaired) electrons. The number of carbonyl (C=O) groups excluding carboxylic acids is 1. The van der Waals surface area contributed by atoms with Crippen LogP contribution in [0.5, 0.6) is 5.75 Å². The normalized spacial score (nSPS) is 10.7. The number of nitrogens with one attached hydrogen (secondary N) is 2. The molecule has 28 heavy (non-hydrogen) atoms. The molecule has 1 aromatic heterocycles. The van der Waals surface area contributed by atoms with Crippen molar-refractivity contribution in [3.63, 3.8) is 0 Å². The molecule has 3 rings (SSSR count). The van der Waals surface area contributed by atoms with Crippen molar-refractivity contribution in [1.29, 1.82) is 0 Å². The molecule has 1 amide bonds. The highest BCUT2D eigenvalue weighted by Crippen LogP contribution is 2.30. The molecular formula is C21H23N3O2S2. The Balaban J connectivity index is 1.61. The third-order valence-electron chi connectivity index (χ3n) is 4.27. The first-order valence-electron chi connectivity index (χ1n) is 9.20. The molecule has 0 aliphatic heterocycles. The van der Waals surface area contributed by atoms with Gasteiger partial charge in [-0.15, -0.1) is 0 Å².